The van der Waals surface area contributed by atoms with E-state index in [1.54, 1.807) is 0 Å². The number of rotatable bonds is 4. The number of benzene rings is 1. The largest absolute Gasteiger partial charge is 0.354 e. The van der Waals surface area contributed by atoms with E-state index in [2.05, 4.69) is 62.0 Å². The van der Waals surface area contributed by atoms with Crippen molar-refractivity contribution in [2.75, 3.05) is 6.54 Å². The molecule has 27 heavy (non-hydrogen) atoms. The number of H-pyrrole nitrogens is 1. The van der Waals surface area contributed by atoms with Crippen molar-refractivity contribution in [3.63, 3.8) is 0 Å². The third kappa shape index (κ3) is 3.14. The van der Waals surface area contributed by atoms with E-state index < -0.39 is 0 Å². The second kappa shape index (κ2) is 6.52. The third-order valence-electron chi connectivity index (χ3n) is 5.31. The molecule has 4 rings (SSSR count). The number of hydrazone groups is 1. The Bertz CT molecular complexity index is 1070. The zero-order valence-corrected chi connectivity index (χ0v) is 16.7. The van der Waals surface area contributed by atoms with Crippen molar-refractivity contribution in [2.24, 2.45) is 10.5 Å². The molecule has 0 unspecified atom stereocenters. The van der Waals surface area contributed by atoms with Crippen LogP contribution in [-0.4, -0.2) is 22.2 Å². The maximum atomic E-state index is 5.13. The molecule has 0 aliphatic heterocycles. The van der Waals surface area contributed by atoms with Crippen LogP contribution in [-0.2, 0) is 12.8 Å². The van der Waals surface area contributed by atoms with Crippen molar-refractivity contribution >= 4 is 27.5 Å². The molecule has 140 valence electrons. The van der Waals surface area contributed by atoms with E-state index in [-0.39, 0.29) is 5.41 Å². The van der Waals surface area contributed by atoms with Gasteiger partial charge in [0.2, 0.25) is 0 Å². The fraction of sp³-hybridized carbons (Fsp3) is 0.391. The molecule has 1 aliphatic carbocycles. The molecule has 1 aromatic carbocycles. The highest BCUT2D eigenvalue weighted by Crippen LogP contribution is 2.40. The highest BCUT2D eigenvalue weighted by molar-refractivity contribution is 6.18. The molecule has 0 amide bonds. The zero-order valence-electron chi connectivity index (χ0n) is 16.7. The maximum Gasteiger partial charge on any atom is 0.0720 e. The second-order valence-electron chi connectivity index (χ2n) is 8.52. The van der Waals surface area contributed by atoms with Gasteiger partial charge >= 0.3 is 0 Å². The van der Waals surface area contributed by atoms with Crippen LogP contribution in [0.3, 0.4) is 0 Å². The molecule has 2 N–H and O–H groups in total. The lowest BCUT2D eigenvalue weighted by Crippen LogP contribution is -2.30. The van der Waals surface area contributed by atoms with Crippen LogP contribution >= 0.6 is 0 Å². The van der Waals surface area contributed by atoms with Crippen LogP contribution in [0.25, 0.3) is 21.8 Å². The van der Waals surface area contributed by atoms with Crippen LogP contribution in [0.4, 0.5) is 0 Å². The van der Waals surface area contributed by atoms with Crippen LogP contribution in [0, 0.1) is 5.41 Å². The van der Waals surface area contributed by atoms with E-state index >= 15 is 0 Å². The quantitative estimate of drug-likeness (QED) is 0.501. The Morgan fingerprint density at radius 1 is 1.30 bits per heavy atom. The minimum Gasteiger partial charge on any atom is -0.354 e. The summed E-state index contributed by atoms with van der Waals surface area (Å²) < 4.78 is 0. The lowest BCUT2D eigenvalue weighted by atomic mass is 9.74. The zero-order chi connectivity index (χ0) is 19.2. The third-order valence-corrected chi connectivity index (χ3v) is 5.31. The standard InChI is InChI=1S/C23H28N4/c1-6-16-20-15-9-7-8-10-17(15)26-22(20)21-18(25-16)11-23(4,5)12-19(21)27-24-13-14(2)3/h7-10,24,26H,2,6,11-13H2,1,3-5H3/b27-19-. The maximum absolute atomic E-state index is 5.13. The van der Waals surface area contributed by atoms with Gasteiger partial charge in [0.05, 0.1) is 29.2 Å². The van der Waals surface area contributed by atoms with Gasteiger partial charge < -0.3 is 10.4 Å². The average Bonchev–Trinajstić information content (AvgIpc) is 2.98. The number of hydrogen-bond acceptors (Lipinski definition) is 3. The van der Waals surface area contributed by atoms with Gasteiger partial charge in [-0.2, -0.15) is 5.10 Å². The summed E-state index contributed by atoms with van der Waals surface area (Å²) in [5.41, 5.74) is 11.4. The molecule has 4 nitrogen and oxygen atoms in total. The molecule has 0 radical (unpaired) electrons. The Morgan fingerprint density at radius 2 is 2.07 bits per heavy atom. The number of pyridine rings is 1. The Kier molecular flexibility index (Phi) is 4.29. The molecule has 0 bridgehead atoms. The van der Waals surface area contributed by atoms with Gasteiger partial charge in [0.1, 0.15) is 0 Å². The van der Waals surface area contributed by atoms with Crippen molar-refractivity contribution in [3.05, 3.63) is 53.4 Å². The highest BCUT2D eigenvalue weighted by Gasteiger charge is 2.33. The fourth-order valence-corrected chi connectivity index (χ4v) is 4.17. The molecule has 0 spiro atoms. The number of aryl methyl sites for hydroxylation is 1. The van der Waals surface area contributed by atoms with Gasteiger partial charge in [0, 0.05) is 21.9 Å². The minimum atomic E-state index is 0.147. The lowest BCUT2D eigenvalue weighted by Gasteiger charge is -2.32. The Hall–Kier alpha value is -2.62. The summed E-state index contributed by atoms with van der Waals surface area (Å²) in [6.07, 6.45) is 2.83. The van der Waals surface area contributed by atoms with Gasteiger partial charge in [-0.1, -0.05) is 51.1 Å². The molecule has 1 aliphatic rings. The minimum absolute atomic E-state index is 0.147. The van der Waals surface area contributed by atoms with E-state index in [0.717, 1.165) is 41.8 Å². The summed E-state index contributed by atoms with van der Waals surface area (Å²) in [7, 11) is 0. The van der Waals surface area contributed by atoms with Crippen LogP contribution in [0.5, 0.6) is 0 Å². The molecule has 0 atom stereocenters. The molecule has 3 aromatic rings. The van der Waals surface area contributed by atoms with E-state index in [9.17, 15) is 0 Å². The Morgan fingerprint density at radius 3 is 2.81 bits per heavy atom. The van der Waals surface area contributed by atoms with Crippen LogP contribution in [0.15, 0.2) is 41.5 Å². The first-order chi connectivity index (χ1) is 12.9. The number of para-hydroxylation sites is 1. The highest BCUT2D eigenvalue weighted by atomic mass is 15.3. The van der Waals surface area contributed by atoms with Crippen LogP contribution < -0.4 is 5.43 Å². The summed E-state index contributed by atoms with van der Waals surface area (Å²) >= 11 is 0. The summed E-state index contributed by atoms with van der Waals surface area (Å²) in [6.45, 7) is 13.4. The number of nitrogens with zero attached hydrogens (tertiary/aromatic N) is 2. The molecule has 2 aromatic heterocycles. The number of aromatic amines is 1. The SMILES string of the molecule is C=C(C)CN/N=C1/CC(C)(C)Cc2nc(CC)c3c([nH]c4ccccc43)c21. The van der Waals surface area contributed by atoms with Gasteiger partial charge in [0.15, 0.2) is 0 Å². The molecule has 0 saturated heterocycles. The molecular weight excluding hydrogens is 332 g/mol. The van der Waals surface area contributed by atoms with Gasteiger partial charge in [-0.3, -0.25) is 4.98 Å². The molecular formula is C23H28N4. The normalized spacial score (nSPS) is 17.4. The summed E-state index contributed by atoms with van der Waals surface area (Å²) in [5, 5.41) is 7.28. The lowest BCUT2D eigenvalue weighted by molar-refractivity contribution is 0.367. The summed E-state index contributed by atoms with van der Waals surface area (Å²) in [6, 6.07) is 8.51. The average molecular weight is 361 g/mol. The van der Waals surface area contributed by atoms with Gasteiger partial charge in [0.25, 0.3) is 0 Å². The number of fused-ring (bicyclic) bond motifs is 5. The summed E-state index contributed by atoms with van der Waals surface area (Å²) in [4.78, 5) is 8.80. The van der Waals surface area contributed by atoms with E-state index in [0.29, 0.717) is 6.54 Å². The second-order valence-corrected chi connectivity index (χ2v) is 8.52. The first-order valence-electron chi connectivity index (χ1n) is 9.76. The predicted octanol–water partition coefficient (Wildman–Crippen LogP) is 5.12. The molecule has 0 saturated carbocycles. The molecule has 0 fully saturated rings. The van der Waals surface area contributed by atoms with E-state index in [1.165, 1.54) is 27.5 Å². The first kappa shape index (κ1) is 17.8. The van der Waals surface area contributed by atoms with Gasteiger partial charge in [-0.15, -0.1) is 0 Å². The Labute approximate surface area is 160 Å². The predicted molar refractivity (Wildman–Crippen MR) is 114 cm³/mol. The van der Waals surface area contributed by atoms with Crippen LogP contribution in [0.1, 0.15) is 51.1 Å². The van der Waals surface area contributed by atoms with Crippen molar-refractivity contribution < 1.29 is 0 Å². The number of hydrogen-bond donors (Lipinski definition) is 2. The van der Waals surface area contributed by atoms with E-state index in [1.807, 2.05) is 6.92 Å². The van der Waals surface area contributed by atoms with E-state index in [4.69, 9.17) is 10.1 Å². The smallest absolute Gasteiger partial charge is 0.0720 e. The van der Waals surface area contributed by atoms with Crippen molar-refractivity contribution in [2.45, 2.75) is 47.0 Å². The van der Waals surface area contributed by atoms with Crippen molar-refractivity contribution in [3.8, 4) is 0 Å². The van der Waals surface area contributed by atoms with Gasteiger partial charge in [-0.05, 0) is 37.7 Å². The van der Waals surface area contributed by atoms with Crippen molar-refractivity contribution in [1.29, 1.82) is 0 Å². The first-order valence-corrected chi connectivity index (χ1v) is 9.76. The number of nitrogens with one attached hydrogen (secondary N) is 2. The Balaban J connectivity index is 2.00. The number of aromatic nitrogens is 2. The fourth-order valence-electron chi connectivity index (χ4n) is 4.17. The molecule has 2 heterocycles. The van der Waals surface area contributed by atoms with Crippen LogP contribution in [0.2, 0.25) is 0 Å². The monoisotopic (exact) mass is 360 g/mol. The van der Waals surface area contributed by atoms with Gasteiger partial charge in [-0.25, -0.2) is 0 Å². The topological polar surface area (TPSA) is 53.1 Å². The summed E-state index contributed by atoms with van der Waals surface area (Å²) in [5.74, 6) is 0. The van der Waals surface area contributed by atoms with Crippen molar-refractivity contribution in [1.82, 2.24) is 15.4 Å². The molecule has 4 heteroatoms.